The Bertz CT molecular complexity index is 1110. The summed E-state index contributed by atoms with van der Waals surface area (Å²) in [6.45, 7) is 0. The molecular weight excluding hydrogens is 356 g/mol. The lowest BCUT2D eigenvalue weighted by molar-refractivity contribution is 0.102. The van der Waals surface area contributed by atoms with Gasteiger partial charge in [0.15, 0.2) is 0 Å². The second kappa shape index (κ2) is 7.71. The van der Waals surface area contributed by atoms with Crippen LogP contribution in [0.15, 0.2) is 77.4 Å². The third-order valence-electron chi connectivity index (χ3n) is 4.08. The Balaban J connectivity index is 1.66. The molecule has 7 heteroatoms. The number of benzene rings is 2. The summed E-state index contributed by atoms with van der Waals surface area (Å²) in [5, 5.41) is 6.90. The Morgan fingerprint density at radius 2 is 1.71 bits per heavy atom. The van der Waals surface area contributed by atoms with Crippen LogP contribution in [0.2, 0.25) is 0 Å². The number of hydrogen-bond acceptors (Lipinski definition) is 6. The Hall–Kier alpha value is -4.00. The molecule has 0 aliphatic carbocycles. The van der Waals surface area contributed by atoms with Gasteiger partial charge in [-0.15, -0.1) is 0 Å². The predicted molar refractivity (Wildman–Crippen MR) is 104 cm³/mol. The quantitative estimate of drug-likeness (QED) is 0.568. The Kier molecular flexibility index (Phi) is 4.79. The molecule has 0 aliphatic heterocycles. The van der Waals surface area contributed by atoms with Crippen LogP contribution in [-0.2, 0) is 0 Å². The van der Waals surface area contributed by atoms with Gasteiger partial charge in [-0.1, -0.05) is 35.5 Å². The second-order valence-corrected chi connectivity index (χ2v) is 5.84. The van der Waals surface area contributed by atoms with E-state index in [0.29, 0.717) is 28.5 Å². The Morgan fingerprint density at radius 3 is 2.50 bits per heavy atom. The highest BCUT2D eigenvalue weighted by Gasteiger charge is 2.17. The smallest absolute Gasteiger partial charge is 0.274 e. The van der Waals surface area contributed by atoms with Gasteiger partial charge in [0.25, 0.3) is 11.8 Å². The first-order valence-corrected chi connectivity index (χ1v) is 8.55. The summed E-state index contributed by atoms with van der Waals surface area (Å²) in [5.74, 6) is 1.01. The number of methoxy groups -OCH3 is 1. The zero-order valence-electron chi connectivity index (χ0n) is 15.0. The third-order valence-corrected chi connectivity index (χ3v) is 4.08. The highest BCUT2D eigenvalue weighted by atomic mass is 16.5. The zero-order valence-corrected chi connectivity index (χ0v) is 15.0. The standard InChI is InChI=1S/C21H16N4O3/c1-27-18-12-5-3-9-15(18)19-24-21(28-25-19)14-8-2-4-10-16(14)23-20(26)17-11-6-7-13-22-17/h2-13H,1H3,(H,23,26). The van der Waals surface area contributed by atoms with E-state index in [1.165, 1.54) is 0 Å². The molecule has 0 aliphatic rings. The van der Waals surface area contributed by atoms with E-state index >= 15 is 0 Å². The van der Waals surface area contributed by atoms with Crippen LogP contribution in [0.4, 0.5) is 5.69 Å². The molecular formula is C21H16N4O3. The Morgan fingerprint density at radius 1 is 0.964 bits per heavy atom. The van der Waals surface area contributed by atoms with Gasteiger partial charge in [-0.25, -0.2) is 0 Å². The molecule has 0 saturated carbocycles. The van der Waals surface area contributed by atoms with E-state index < -0.39 is 0 Å². The van der Waals surface area contributed by atoms with Gasteiger partial charge in [0.1, 0.15) is 11.4 Å². The van der Waals surface area contributed by atoms with Crippen molar-refractivity contribution in [1.82, 2.24) is 15.1 Å². The topological polar surface area (TPSA) is 90.1 Å². The van der Waals surface area contributed by atoms with Crippen LogP contribution in [0, 0.1) is 0 Å². The molecule has 0 radical (unpaired) electrons. The normalized spacial score (nSPS) is 10.5. The average Bonchev–Trinajstić information content (AvgIpc) is 3.24. The summed E-state index contributed by atoms with van der Waals surface area (Å²) in [6.07, 6.45) is 1.57. The molecule has 2 heterocycles. The maximum Gasteiger partial charge on any atom is 0.274 e. The molecule has 0 fully saturated rings. The van der Waals surface area contributed by atoms with Gasteiger partial charge in [-0.2, -0.15) is 4.98 Å². The van der Waals surface area contributed by atoms with Crippen LogP contribution in [-0.4, -0.2) is 28.1 Å². The number of nitrogens with one attached hydrogen (secondary N) is 1. The van der Waals surface area contributed by atoms with Gasteiger partial charge < -0.3 is 14.6 Å². The number of hydrogen-bond donors (Lipinski definition) is 1. The molecule has 7 nitrogen and oxygen atoms in total. The van der Waals surface area contributed by atoms with Crippen molar-refractivity contribution in [3.05, 3.63) is 78.6 Å². The summed E-state index contributed by atoms with van der Waals surface area (Å²) in [6, 6.07) is 19.8. The van der Waals surface area contributed by atoms with E-state index in [1.807, 2.05) is 36.4 Å². The average molecular weight is 372 g/mol. The van der Waals surface area contributed by atoms with Crippen LogP contribution in [0.25, 0.3) is 22.8 Å². The van der Waals surface area contributed by atoms with Gasteiger partial charge in [0, 0.05) is 6.20 Å². The summed E-state index contributed by atoms with van der Waals surface area (Å²) < 4.78 is 10.8. The fourth-order valence-corrected chi connectivity index (χ4v) is 2.73. The van der Waals surface area contributed by atoms with Gasteiger partial charge in [0.2, 0.25) is 5.82 Å². The number of ether oxygens (including phenoxy) is 1. The third kappa shape index (κ3) is 3.45. The van der Waals surface area contributed by atoms with Crippen molar-refractivity contribution >= 4 is 11.6 Å². The lowest BCUT2D eigenvalue weighted by Gasteiger charge is -2.08. The minimum Gasteiger partial charge on any atom is -0.496 e. The molecule has 1 amide bonds. The van der Waals surface area contributed by atoms with Crippen molar-refractivity contribution in [2.45, 2.75) is 0 Å². The molecule has 0 atom stereocenters. The summed E-state index contributed by atoms with van der Waals surface area (Å²) >= 11 is 0. The maximum atomic E-state index is 12.5. The minimum absolute atomic E-state index is 0.290. The molecule has 0 bridgehead atoms. The number of aromatic nitrogens is 3. The molecule has 0 saturated heterocycles. The number of anilines is 1. The first kappa shape index (κ1) is 17.4. The van der Waals surface area contributed by atoms with E-state index in [4.69, 9.17) is 9.26 Å². The molecule has 4 aromatic rings. The minimum atomic E-state index is -0.322. The van der Waals surface area contributed by atoms with Gasteiger partial charge in [-0.05, 0) is 36.4 Å². The second-order valence-electron chi connectivity index (χ2n) is 5.84. The van der Waals surface area contributed by atoms with Crippen molar-refractivity contribution in [1.29, 1.82) is 0 Å². The molecule has 0 unspecified atom stereocenters. The van der Waals surface area contributed by atoms with Crippen LogP contribution >= 0.6 is 0 Å². The summed E-state index contributed by atoms with van der Waals surface area (Å²) in [4.78, 5) is 21.0. The van der Waals surface area contributed by atoms with E-state index in [9.17, 15) is 4.79 Å². The fraction of sp³-hybridized carbons (Fsp3) is 0.0476. The monoisotopic (exact) mass is 372 g/mol. The number of nitrogens with zero attached hydrogens (tertiary/aromatic N) is 3. The number of carbonyl (C=O) groups is 1. The molecule has 1 N–H and O–H groups in total. The van der Waals surface area contributed by atoms with E-state index in [2.05, 4.69) is 20.4 Å². The first-order chi connectivity index (χ1) is 13.8. The largest absolute Gasteiger partial charge is 0.496 e. The molecule has 0 spiro atoms. The van der Waals surface area contributed by atoms with Crippen LogP contribution in [0.5, 0.6) is 5.75 Å². The molecule has 4 rings (SSSR count). The molecule has 2 aromatic heterocycles. The number of para-hydroxylation sites is 2. The maximum absolute atomic E-state index is 12.5. The van der Waals surface area contributed by atoms with Crippen molar-refractivity contribution in [3.8, 4) is 28.6 Å². The van der Waals surface area contributed by atoms with Crippen molar-refractivity contribution in [3.63, 3.8) is 0 Å². The lowest BCUT2D eigenvalue weighted by atomic mass is 10.1. The molecule has 138 valence electrons. The number of pyridine rings is 1. The Labute approximate surface area is 161 Å². The van der Waals surface area contributed by atoms with Crippen molar-refractivity contribution in [2.75, 3.05) is 12.4 Å². The van der Waals surface area contributed by atoms with Gasteiger partial charge in [-0.3, -0.25) is 9.78 Å². The predicted octanol–water partition coefficient (Wildman–Crippen LogP) is 4.06. The van der Waals surface area contributed by atoms with E-state index in [-0.39, 0.29) is 11.8 Å². The zero-order chi connectivity index (χ0) is 19.3. The summed E-state index contributed by atoms with van der Waals surface area (Å²) in [5.41, 5.74) is 2.20. The molecule has 28 heavy (non-hydrogen) atoms. The highest BCUT2D eigenvalue weighted by molar-refractivity contribution is 6.04. The van der Waals surface area contributed by atoms with Crippen LogP contribution in [0.1, 0.15) is 10.5 Å². The first-order valence-electron chi connectivity index (χ1n) is 8.55. The summed E-state index contributed by atoms with van der Waals surface area (Å²) in [7, 11) is 1.59. The van der Waals surface area contributed by atoms with Gasteiger partial charge >= 0.3 is 0 Å². The van der Waals surface area contributed by atoms with Crippen LogP contribution < -0.4 is 10.1 Å². The van der Waals surface area contributed by atoms with E-state index in [1.54, 1.807) is 43.6 Å². The number of carbonyl (C=O) groups excluding carboxylic acids is 1. The van der Waals surface area contributed by atoms with Crippen molar-refractivity contribution < 1.29 is 14.1 Å². The lowest BCUT2D eigenvalue weighted by Crippen LogP contribution is -2.14. The highest BCUT2D eigenvalue weighted by Crippen LogP contribution is 2.31. The molecule has 2 aromatic carbocycles. The van der Waals surface area contributed by atoms with Crippen LogP contribution in [0.3, 0.4) is 0 Å². The number of rotatable bonds is 5. The van der Waals surface area contributed by atoms with Crippen molar-refractivity contribution in [2.24, 2.45) is 0 Å². The van der Waals surface area contributed by atoms with Gasteiger partial charge in [0.05, 0.1) is 23.9 Å². The number of amides is 1. The fourth-order valence-electron chi connectivity index (χ4n) is 2.73. The van der Waals surface area contributed by atoms with E-state index in [0.717, 1.165) is 5.56 Å². The SMILES string of the molecule is COc1ccccc1-c1noc(-c2ccccc2NC(=O)c2ccccn2)n1.